The minimum Gasteiger partial charge on any atom is -0.494 e. The molecule has 1 aliphatic rings. The van der Waals surface area contributed by atoms with Gasteiger partial charge in [0.1, 0.15) is 41.1 Å². The van der Waals surface area contributed by atoms with E-state index in [1.54, 1.807) is 83.2 Å². The van der Waals surface area contributed by atoms with Crippen LogP contribution < -0.4 is 35.1 Å². The van der Waals surface area contributed by atoms with Gasteiger partial charge in [0.05, 0.1) is 81.6 Å². The molecule has 0 bridgehead atoms. The molecular formula is C94H124BrClFN15O12S2. The lowest BCUT2D eigenvalue weighted by Gasteiger charge is -2.33. The lowest BCUT2D eigenvalue weighted by atomic mass is 9.72. The topological polar surface area (TPSA) is 369 Å². The molecule has 680 valence electrons. The minimum atomic E-state index is -3.37. The molecular weight excluding hydrogens is 1730 g/mol. The highest BCUT2D eigenvalue weighted by atomic mass is 79.9. The van der Waals surface area contributed by atoms with Gasteiger partial charge in [-0.1, -0.05) is 152 Å². The van der Waals surface area contributed by atoms with Crippen molar-refractivity contribution in [2.75, 3.05) is 57.1 Å². The Morgan fingerprint density at radius 2 is 1.25 bits per heavy atom. The summed E-state index contributed by atoms with van der Waals surface area (Å²) in [7, 11) is -3.01. The monoisotopic (exact) mass is 1850 g/mol. The summed E-state index contributed by atoms with van der Waals surface area (Å²) < 4.78 is 69.7. The largest absolute Gasteiger partial charge is 0.494 e. The number of methoxy groups -OCH3 is 1. The molecule has 1 fully saturated rings. The van der Waals surface area contributed by atoms with Crippen LogP contribution in [0.4, 0.5) is 67.0 Å². The molecule has 6 N–H and O–H groups in total. The number of carbonyl (C=O) groups is 1. The zero-order valence-corrected chi connectivity index (χ0v) is 79.6. The Hall–Kier alpha value is -11.5. The normalized spacial score (nSPS) is 12.0. The molecule has 0 aliphatic heterocycles. The number of ether oxygens (including phenoxy) is 2. The number of nitrogens with one attached hydrogen (secondary N) is 5. The number of hydrazine groups is 1. The quantitative estimate of drug-likeness (QED) is 0.00774. The third-order valence-corrected chi connectivity index (χ3v) is 18.9. The number of azo groups is 1. The number of aliphatic hydroxyl groups excluding tert-OH is 1. The van der Waals surface area contributed by atoms with Crippen molar-refractivity contribution < 1.29 is 50.4 Å². The number of aliphatic imine (C=N–C) groups is 6. The fraction of sp³-hybridized carbons (Fsp3) is 0.351. The molecule has 0 radical (unpaired) electrons. The lowest BCUT2D eigenvalue weighted by Crippen LogP contribution is -2.42. The molecule has 9 aromatic rings. The first-order valence-corrected chi connectivity index (χ1v) is 45.6. The van der Waals surface area contributed by atoms with E-state index in [9.17, 15) is 46.2 Å². The number of nitrogens with zero attached hydrogens (tertiary/aromatic N) is 10. The van der Waals surface area contributed by atoms with Crippen LogP contribution in [0.5, 0.6) is 11.5 Å². The van der Waals surface area contributed by atoms with Gasteiger partial charge in [-0.25, -0.2) is 25.9 Å². The number of amidine groups is 1. The van der Waals surface area contributed by atoms with E-state index in [1.165, 1.54) is 55.0 Å². The molecule has 1 aliphatic carbocycles. The van der Waals surface area contributed by atoms with E-state index in [4.69, 9.17) is 26.2 Å². The zero-order chi connectivity index (χ0) is 94.3. The van der Waals surface area contributed by atoms with E-state index in [-0.39, 0.29) is 46.9 Å². The van der Waals surface area contributed by atoms with Crippen LogP contribution >= 0.6 is 27.5 Å². The van der Waals surface area contributed by atoms with Gasteiger partial charge >= 0.3 is 0 Å². The number of hydrogen-bond donors (Lipinski definition) is 6. The first-order chi connectivity index (χ1) is 59.6. The Morgan fingerprint density at radius 3 is 1.79 bits per heavy atom. The SMILES string of the molecule is CC(=O)Nc1ccc(N=C(C)C)cc1.CC(C)(C)CC(C)(C)c1ccc(OCCO)cc1.CC=Nc1cc(Nc2ccc([N+](=O)[O-])cc2[N+](=O)[O-])ccc1C.CC=Nc1ccc(C)cc1Br.CC=Nc1cccc(F)c1.CC=Nc1ccccc1OC.CCCCNS(C)(=O)=O.CN=Nc1ccccc1.CS(=O)(=O)NNC(=NC1CCCCC1)c1ccccc1Cl. The fourth-order valence-corrected chi connectivity index (χ4v) is 13.1. The van der Waals surface area contributed by atoms with Gasteiger partial charge in [-0.2, -0.15) is 10.2 Å². The molecule has 9 aromatic carbocycles. The van der Waals surface area contributed by atoms with Gasteiger partial charge in [-0.05, 0) is 246 Å². The average molecular weight is 1850 g/mol. The maximum atomic E-state index is 12.4. The van der Waals surface area contributed by atoms with Crippen LogP contribution in [0.1, 0.15) is 164 Å². The third kappa shape index (κ3) is 49.3. The van der Waals surface area contributed by atoms with E-state index >= 15 is 0 Å². The number of nitro benzene ring substituents is 2. The van der Waals surface area contributed by atoms with Crippen molar-refractivity contribution in [2.45, 2.75) is 167 Å². The van der Waals surface area contributed by atoms with Gasteiger partial charge in [0.2, 0.25) is 26.0 Å². The molecule has 0 spiro atoms. The number of carbonyl (C=O) groups excluding carboxylic acids is 1. The van der Waals surface area contributed by atoms with Gasteiger partial charge in [0.25, 0.3) is 11.4 Å². The standard InChI is InChI=1S/C16H26O2.C15H14N4O4.C14H20ClN3O2S.C11H14N2O.C9H10BrN.C9H11NO.C8H8FN.C7H8N2.C5H13NO2S/c1-15(2,3)12-16(4,5)13-6-8-14(9-7-13)18-11-10-17;1-3-16-14-8-11(5-4-10(14)2)17-13-7-6-12(18(20)21)9-15(13)19(22)23;1-21(19,20)18-17-14(12-9-5-6-10-13(12)15)16-11-7-3-2-4-8-11;1-8(2)12-10-4-6-11(7-5-10)13-9(3)14;1-3-11-9-5-4-7(2)6-8(9)10;1-3-10-8-6-4-5-7-9(8)11-2;1-2-10-8-5-3-4-7(9)6-8;1-8-9-7-5-3-2-4-6-7;1-3-4-5-6-9(2,7)8/h6-9,17H,10-12H2,1-5H3;3-9,17H,1-2H3;5-6,9-11,18H,2-4,7-8H2,1H3,(H,16,17);4-7H,1-3H3,(H,13,14);3-6H,1-2H3;3-7H,1-2H3;2-6H,1H3;2-6H,1H3;6H,3-5H2,1-2H3. The van der Waals surface area contributed by atoms with Crippen LogP contribution in [0.15, 0.2) is 251 Å². The molecule has 0 aromatic heterocycles. The van der Waals surface area contributed by atoms with E-state index in [2.05, 4.69) is 141 Å². The molecule has 0 heterocycles. The summed E-state index contributed by atoms with van der Waals surface area (Å²) in [6, 6.07) is 61.5. The first kappa shape index (κ1) is 111. The predicted octanol–water partition coefficient (Wildman–Crippen LogP) is 24.5. The number of benzene rings is 9. The first-order valence-electron chi connectivity index (χ1n) is 40.6. The molecule has 32 heteroatoms. The summed E-state index contributed by atoms with van der Waals surface area (Å²) in [4.78, 5) is 58.9. The second kappa shape index (κ2) is 60.2. The number of aliphatic hydroxyl groups is 1. The highest BCUT2D eigenvalue weighted by Crippen LogP contribution is 2.38. The second-order valence-corrected chi connectivity index (χ2v) is 34.7. The Kier molecular flexibility index (Phi) is 52.9. The predicted molar refractivity (Wildman–Crippen MR) is 524 cm³/mol. The summed E-state index contributed by atoms with van der Waals surface area (Å²) in [5, 5.41) is 44.2. The smallest absolute Gasteiger partial charge is 0.299 e. The fourth-order valence-electron chi connectivity index (χ4n) is 11.5. The van der Waals surface area contributed by atoms with Gasteiger partial charge in [0, 0.05) is 78.6 Å². The summed E-state index contributed by atoms with van der Waals surface area (Å²) in [5.41, 5.74) is 14.3. The number of para-hydroxylation sites is 2. The zero-order valence-electron chi connectivity index (χ0n) is 75.7. The van der Waals surface area contributed by atoms with Crippen molar-refractivity contribution in [1.29, 1.82) is 0 Å². The second-order valence-electron chi connectivity index (χ2n) is 29.9. The molecule has 10 rings (SSSR count). The van der Waals surface area contributed by atoms with Crippen LogP contribution in [0.3, 0.4) is 0 Å². The van der Waals surface area contributed by atoms with Crippen LogP contribution in [0.2, 0.25) is 5.02 Å². The number of nitro groups is 2. The number of unbranched alkanes of at least 4 members (excludes halogenated alkanes) is 1. The highest BCUT2D eigenvalue weighted by molar-refractivity contribution is 9.10. The maximum absolute atomic E-state index is 12.4. The van der Waals surface area contributed by atoms with E-state index in [0.717, 1.165) is 119 Å². The van der Waals surface area contributed by atoms with Gasteiger partial charge < -0.3 is 25.2 Å². The molecule has 1 amide bonds. The Bertz CT molecular complexity index is 5240. The van der Waals surface area contributed by atoms with E-state index in [1.807, 2.05) is 169 Å². The summed E-state index contributed by atoms with van der Waals surface area (Å²) >= 11 is 9.62. The summed E-state index contributed by atoms with van der Waals surface area (Å²) in [6.45, 7) is 31.1. The van der Waals surface area contributed by atoms with Crippen molar-refractivity contribution in [1.82, 2.24) is 15.0 Å². The number of anilines is 3. The number of aryl methyl sites for hydroxylation is 2. The van der Waals surface area contributed by atoms with Crippen LogP contribution in [-0.2, 0) is 30.3 Å². The number of halogens is 3. The van der Waals surface area contributed by atoms with Crippen molar-refractivity contribution >= 4 is 152 Å². The third-order valence-electron chi connectivity index (χ3n) is 16.7. The summed E-state index contributed by atoms with van der Waals surface area (Å²) in [5.74, 6) is 1.79. The number of rotatable bonds is 25. The Balaban J connectivity index is 0.000000490. The minimum absolute atomic E-state index is 0.0528. The average Bonchev–Trinajstić information content (AvgIpc) is 0.817. The number of sulfonamides is 2. The Labute approximate surface area is 757 Å². The van der Waals surface area contributed by atoms with Gasteiger partial charge in [-0.3, -0.25) is 60.4 Å². The molecule has 0 atom stereocenters. The number of hydrogen-bond acceptors (Lipinski definition) is 21. The van der Waals surface area contributed by atoms with Crippen molar-refractivity contribution in [3.8, 4) is 11.5 Å². The Morgan fingerprint density at radius 1 is 0.659 bits per heavy atom. The van der Waals surface area contributed by atoms with Crippen LogP contribution in [0.25, 0.3) is 0 Å². The van der Waals surface area contributed by atoms with Gasteiger partial charge in [-0.15, -0.1) is 4.83 Å². The highest BCUT2D eigenvalue weighted by Gasteiger charge is 2.27. The van der Waals surface area contributed by atoms with Crippen LogP contribution in [0, 0.1) is 45.3 Å². The molecule has 27 nitrogen and oxygen atoms in total. The molecule has 0 unspecified atom stereocenters. The summed E-state index contributed by atoms with van der Waals surface area (Å²) in [6.07, 6.45) is 17.7. The maximum Gasteiger partial charge on any atom is 0.299 e. The van der Waals surface area contributed by atoms with E-state index < -0.39 is 29.9 Å². The van der Waals surface area contributed by atoms with Crippen molar-refractivity contribution in [2.24, 2.45) is 45.6 Å². The molecule has 0 saturated heterocycles. The number of amides is 1. The van der Waals surface area contributed by atoms with E-state index in [0.29, 0.717) is 46.4 Å². The molecule has 126 heavy (non-hydrogen) atoms. The molecule has 1 saturated carbocycles. The number of non-ortho nitro benzene ring substituents is 1. The van der Waals surface area contributed by atoms with Crippen molar-refractivity contribution in [3.63, 3.8) is 0 Å². The van der Waals surface area contributed by atoms with Crippen LogP contribution in [-0.4, -0.2) is 127 Å². The van der Waals surface area contributed by atoms with Gasteiger partial charge in [0.15, 0.2) is 0 Å². The van der Waals surface area contributed by atoms with Crippen molar-refractivity contribution in [3.05, 3.63) is 264 Å². The lowest BCUT2D eigenvalue weighted by molar-refractivity contribution is -0.393.